The molecule has 7 atom stereocenters. The number of aliphatic hydroxyl groups excluding tert-OH is 1. The molecule has 2 heterocycles. The van der Waals surface area contributed by atoms with Gasteiger partial charge in [-0.1, -0.05) is 6.58 Å². The number of nitrogens with one attached hydrogen (secondary N) is 1. The Hall–Kier alpha value is -1.33. The smallest absolute Gasteiger partial charge is 0.386 e. The van der Waals surface area contributed by atoms with Crippen molar-refractivity contribution in [3.05, 3.63) is 45.8 Å². The summed E-state index contributed by atoms with van der Waals surface area (Å²) in [6, 6.07) is 0.947. The number of aromatic amines is 1. The van der Waals surface area contributed by atoms with Crippen molar-refractivity contribution in [1.29, 1.82) is 0 Å². The number of aromatic nitrogens is 2. The molecule has 33 heavy (non-hydrogen) atoms. The second kappa shape index (κ2) is 10.5. The Kier molecular flexibility index (Phi) is 8.89. The largest absolute Gasteiger partial charge is 0.490 e. The Labute approximate surface area is 183 Å². The van der Waals surface area contributed by atoms with Crippen LogP contribution in [0, 0.1) is 0 Å². The van der Waals surface area contributed by atoms with Gasteiger partial charge < -0.3 is 39.9 Å². The summed E-state index contributed by atoms with van der Waals surface area (Å²) in [5, 5.41) is 10.6. The Balaban J connectivity index is 2.21. The molecule has 0 radical (unpaired) electrons. The molecule has 1 aliphatic heterocycles. The van der Waals surface area contributed by atoms with Crippen LogP contribution in [0.3, 0.4) is 0 Å². The van der Waals surface area contributed by atoms with Gasteiger partial charge in [0.05, 0.1) is 6.61 Å². The van der Waals surface area contributed by atoms with Crippen LogP contribution >= 0.6 is 23.5 Å². The molecule has 8 N–H and O–H groups in total. The molecular weight excluding hydrogens is 519 g/mol. The zero-order valence-corrected chi connectivity index (χ0v) is 18.9. The molecule has 3 unspecified atom stereocenters. The summed E-state index contributed by atoms with van der Waals surface area (Å²) in [7, 11) is -16.9. The Morgan fingerprint density at radius 2 is 1.85 bits per heavy atom. The van der Waals surface area contributed by atoms with E-state index in [0.717, 1.165) is 22.9 Å². The van der Waals surface area contributed by atoms with Crippen LogP contribution in [0.1, 0.15) is 6.23 Å². The number of hydrogen-bond donors (Lipinski definition) is 7. The van der Waals surface area contributed by atoms with Crippen molar-refractivity contribution in [2.45, 2.75) is 30.8 Å². The number of phosphoric acid groups is 3. The van der Waals surface area contributed by atoms with Crippen molar-refractivity contribution in [2.24, 2.45) is 5.73 Å². The van der Waals surface area contributed by atoms with E-state index in [1.165, 1.54) is 0 Å². The highest BCUT2D eigenvalue weighted by molar-refractivity contribution is 7.66. The van der Waals surface area contributed by atoms with Gasteiger partial charge in [-0.2, -0.15) is 8.62 Å². The van der Waals surface area contributed by atoms with E-state index < -0.39 is 72.1 Å². The SMILES string of the molecule is C=CC(N)O[C@H]1[C@@H](O)[C@H](n2ccc(=O)[nH]c2=O)O[C@@H]1COP(=O)(O)OP(=O)(O)OP(=O)(O)O. The summed E-state index contributed by atoms with van der Waals surface area (Å²) >= 11 is 0. The van der Waals surface area contributed by atoms with Crippen molar-refractivity contribution >= 4 is 23.5 Å². The highest BCUT2D eigenvalue weighted by Gasteiger charge is 2.48. The van der Waals surface area contributed by atoms with Crippen LogP contribution in [0.15, 0.2) is 34.5 Å². The van der Waals surface area contributed by atoms with E-state index in [-0.39, 0.29) is 0 Å². The van der Waals surface area contributed by atoms with Gasteiger partial charge in [0.2, 0.25) is 0 Å². The number of H-pyrrole nitrogens is 1. The number of aliphatic hydroxyl groups is 1. The van der Waals surface area contributed by atoms with Gasteiger partial charge in [-0.05, 0) is 6.08 Å². The van der Waals surface area contributed by atoms with Crippen molar-refractivity contribution in [1.82, 2.24) is 9.55 Å². The van der Waals surface area contributed by atoms with Gasteiger partial charge in [-0.25, -0.2) is 18.5 Å². The van der Waals surface area contributed by atoms with Crippen LogP contribution in [0.2, 0.25) is 0 Å². The van der Waals surface area contributed by atoms with Crippen molar-refractivity contribution in [3.8, 4) is 0 Å². The normalized spacial score (nSPS) is 28.1. The maximum Gasteiger partial charge on any atom is 0.490 e. The molecule has 1 fully saturated rings. The van der Waals surface area contributed by atoms with Gasteiger partial charge >= 0.3 is 29.2 Å². The zero-order chi connectivity index (χ0) is 25.2. The maximum absolute atomic E-state index is 12.0. The number of rotatable bonds is 11. The first-order valence-corrected chi connectivity index (χ1v) is 13.0. The van der Waals surface area contributed by atoms with E-state index in [4.69, 9.17) is 25.0 Å². The van der Waals surface area contributed by atoms with Crippen LogP contribution in [0.4, 0.5) is 0 Å². The lowest BCUT2D eigenvalue weighted by atomic mass is 10.1. The summed E-state index contributed by atoms with van der Waals surface area (Å²) in [4.78, 5) is 61.0. The minimum atomic E-state index is -5.76. The third-order valence-electron chi connectivity index (χ3n) is 3.80. The van der Waals surface area contributed by atoms with Crippen LogP contribution in [0.5, 0.6) is 0 Å². The molecule has 18 nitrogen and oxygen atoms in total. The van der Waals surface area contributed by atoms with Gasteiger partial charge in [0.25, 0.3) is 5.56 Å². The predicted molar refractivity (Wildman–Crippen MR) is 104 cm³/mol. The molecule has 0 saturated carbocycles. The number of nitrogens with two attached hydrogens (primary N) is 1. The third-order valence-corrected chi connectivity index (χ3v) is 7.60. The average molecular weight is 539 g/mol. The second-order valence-corrected chi connectivity index (χ2v) is 10.7. The van der Waals surface area contributed by atoms with Gasteiger partial charge in [-0.15, -0.1) is 0 Å². The molecule has 1 aromatic rings. The Morgan fingerprint density at radius 1 is 1.21 bits per heavy atom. The highest BCUT2D eigenvalue weighted by Crippen LogP contribution is 2.66. The summed E-state index contributed by atoms with van der Waals surface area (Å²) in [5.74, 6) is 0. The monoisotopic (exact) mass is 539 g/mol. The summed E-state index contributed by atoms with van der Waals surface area (Å²) in [5.41, 5.74) is 3.86. The Bertz CT molecular complexity index is 1110. The average Bonchev–Trinajstić information content (AvgIpc) is 2.93. The minimum absolute atomic E-state index is 0.741. The first-order valence-electron chi connectivity index (χ1n) is 8.50. The fourth-order valence-corrected chi connectivity index (χ4v) is 5.62. The Morgan fingerprint density at radius 3 is 2.39 bits per heavy atom. The quantitative estimate of drug-likeness (QED) is 0.0909. The van der Waals surface area contributed by atoms with Gasteiger partial charge in [0.1, 0.15) is 24.5 Å². The molecule has 188 valence electrons. The predicted octanol–water partition coefficient (Wildman–Crippen LogP) is -2.01. The molecule has 0 aliphatic carbocycles. The number of ether oxygens (including phenoxy) is 2. The van der Waals surface area contributed by atoms with E-state index >= 15 is 0 Å². The molecule has 1 aromatic heterocycles. The van der Waals surface area contributed by atoms with Crippen LogP contribution in [0.25, 0.3) is 0 Å². The highest BCUT2D eigenvalue weighted by atomic mass is 31.3. The van der Waals surface area contributed by atoms with Crippen LogP contribution in [-0.2, 0) is 36.3 Å². The molecule has 21 heteroatoms. The van der Waals surface area contributed by atoms with Crippen molar-refractivity contribution in [2.75, 3.05) is 6.61 Å². The third kappa shape index (κ3) is 8.13. The number of nitrogens with zero attached hydrogens (tertiary/aromatic N) is 1. The van der Waals surface area contributed by atoms with E-state index in [0.29, 0.717) is 0 Å². The minimum Gasteiger partial charge on any atom is -0.386 e. The molecule has 1 saturated heterocycles. The topological polar surface area (TPSA) is 279 Å². The fourth-order valence-electron chi connectivity index (χ4n) is 2.59. The summed E-state index contributed by atoms with van der Waals surface area (Å²) in [6.07, 6.45) is -5.15. The van der Waals surface area contributed by atoms with E-state index in [2.05, 4.69) is 19.7 Å². The van der Waals surface area contributed by atoms with Crippen molar-refractivity contribution < 1.29 is 61.0 Å². The van der Waals surface area contributed by atoms with Crippen LogP contribution in [-0.4, -0.2) is 65.4 Å². The molecule has 1 aliphatic rings. The lowest BCUT2D eigenvalue weighted by molar-refractivity contribution is -0.0736. The maximum atomic E-state index is 12.0. The molecule has 0 amide bonds. The van der Waals surface area contributed by atoms with E-state index in [1.54, 1.807) is 0 Å². The first kappa shape index (κ1) is 27.9. The second-order valence-electron chi connectivity index (χ2n) is 6.26. The van der Waals surface area contributed by atoms with Gasteiger partial charge in [0, 0.05) is 12.3 Å². The number of hydrogen-bond acceptors (Lipinski definition) is 12. The van der Waals surface area contributed by atoms with Crippen molar-refractivity contribution in [3.63, 3.8) is 0 Å². The summed E-state index contributed by atoms with van der Waals surface area (Å²) < 4.78 is 57.2. The number of phosphoric ester groups is 1. The molecule has 0 bridgehead atoms. The van der Waals surface area contributed by atoms with Crippen LogP contribution < -0.4 is 17.0 Å². The lowest BCUT2D eigenvalue weighted by Crippen LogP contribution is -2.42. The lowest BCUT2D eigenvalue weighted by Gasteiger charge is -2.23. The van der Waals surface area contributed by atoms with E-state index in [9.17, 15) is 38.2 Å². The standard InChI is InChI=1S/C12H20N3O15P3/c1-2-7(13)28-10-6(5-26-32(22,23)30-33(24,25)29-31(19,20)21)27-11(9(10)17)15-4-3-8(16)14-12(15)18/h2-4,6-7,9-11,17H,1,5,13H2,(H,22,23)(H,24,25)(H,14,16,18)(H2,19,20,21)/t6-,7?,9-,10-,11-/m1/s1. The summed E-state index contributed by atoms with van der Waals surface area (Å²) in [6.45, 7) is 2.37. The molecular formula is C12H20N3O15P3. The van der Waals surface area contributed by atoms with E-state index in [1.807, 2.05) is 4.98 Å². The van der Waals surface area contributed by atoms with Gasteiger partial charge in [0.15, 0.2) is 6.23 Å². The van der Waals surface area contributed by atoms with Gasteiger partial charge in [-0.3, -0.25) is 18.9 Å². The molecule has 0 aromatic carbocycles. The zero-order valence-electron chi connectivity index (χ0n) is 16.2. The molecule has 0 spiro atoms. The fraction of sp³-hybridized carbons (Fsp3) is 0.500. The molecule has 2 rings (SSSR count). The first-order chi connectivity index (χ1) is 15.0.